The third-order valence-corrected chi connectivity index (χ3v) is 2.42. The van der Waals surface area contributed by atoms with E-state index in [2.05, 4.69) is 37.9 Å². The lowest BCUT2D eigenvalue weighted by Crippen LogP contribution is -2.29. The van der Waals surface area contributed by atoms with Crippen molar-refractivity contribution in [2.24, 2.45) is 16.3 Å². The molecule has 17 heavy (non-hydrogen) atoms. The van der Waals surface area contributed by atoms with E-state index >= 15 is 0 Å². The summed E-state index contributed by atoms with van der Waals surface area (Å²) in [6.45, 7) is 7.58. The summed E-state index contributed by atoms with van der Waals surface area (Å²) in [6.07, 6.45) is 0. The first kappa shape index (κ1) is 13.4. The molecule has 0 saturated heterocycles. The lowest BCUT2D eigenvalue weighted by atomic mass is 9.96. The van der Waals surface area contributed by atoms with E-state index in [1.807, 2.05) is 24.3 Å². The van der Waals surface area contributed by atoms with Crippen LogP contribution in [0.15, 0.2) is 29.4 Å². The van der Waals surface area contributed by atoms with E-state index in [4.69, 9.17) is 10.9 Å². The summed E-state index contributed by atoms with van der Waals surface area (Å²) in [6, 6.07) is 7.64. The second-order valence-electron chi connectivity index (χ2n) is 5.45. The molecule has 3 N–H and O–H groups in total. The molecule has 94 valence electrons. The van der Waals surface area contributed by atoms with E-state index in [1.165, 1.54) is 0 Å². The van der Waals surface area contributed by atoms with Crippen LogP contribution in [-0.4, -0.2) is 24.6 Å². The first-order chi connectivity index (χ1) is 7.83. The summed E-state index contributed by atoms with van der Waals surface area (Å²) in [5.74, 6) is 0.134. The number of hydrogen-bond acceptors (Lipinski definition) is 3. The number of nitrogens with zero attached hydrogens (tertiary/aromatic N) is 2. The van der Waals surface area contributed by atoms with Gasteiger partial charge < -0.3 is 15.8 Å². The van der Waals surface area contributed by atoms with Gasteiger partial charge in [0.05, 0.1) is 0 Å². The lowest BCUT2D eigenvalue weighted by Gasteiger charge is -2.28. The number of oxime groups is 1. The summed E-state index contributed by atoms with van der Waals surface area (Å²) in [5.41, 5.74) is 7.60. The maximum atomic E-state index is 8.57. The Morgan fingerprint density at radius 1 is 1.29 bits per heavy atom. The maximum Gasteiger partial charge on any atom is 0.170 e. The van der Waals surface area contributed by atoms with Gasteiger partial charge in [-0.1, -0.05) is 25.9 Å². The second kappa shape index (κ2) is 5.08. The molecule has 0 saturated carbocycles. The van der Waals surface area contributed by atoms with Crippen molar-refractivity contribution in [2.75, 3.05) is 18.5 Å². The van der Waals surface area contributed by atoms with Crippen LogP contribution in [0.1, 0.15) is 26.3 Å². The van der Waals surface area contributed by atoms with Gasteiger partial charge in [0.2, 0.25) is 0 Å². The Bertz CT molecular complexity index is 390. The minimum absolute atomic E-state index is 0.134. The highest BCUT2D eigenvalue weighted by atomic mass is 16.4. The quantitative estimate of drug-likeness (QED) is 0.365. The van der Waals surface area contributed by atoms with Gasteiger partial charge in [0.15, 0.2) is 5.84 Å². The van der Waals surface area contributed by atoms with Crippen molar-refractivity contribution in [2.45, 2.75) is 20.8 Å². The molecule has 1 aromatic carbocycles. The molecule has 0 aromatic heterocycles. The highest BCUT2D eigenvalue weighted by Gasteiger charge is 2.13. The number of amidine groups is 1. The number of hydrogen-bond donors (Lipinski definition) is 2. The second-order valence-corrected chi connectivity index (χ2v) is 5.45. The zero-order valence-electron chi connectivity index (χ0n) is 10.9. The van der Waals surface area contributed by atoms with Crippen LogP contribution in [-0.2, 0) is 0 Å². The molecule has 0 atom stereocenters. The zero-order valence-corrected chi connectivity index (χ0v) is 10.9. The molecular formula is C13H21N3O. The normalized spacial score (nSPS) is 12.6. The van der Waals surface area contributed by atoms with Crippen LogP contribution in [0.25, 0.3) is 0 Å². The van der Waals surface area contributed by atoms with Crippen molar-refractivity contribution in [1.29, 1.82) is 0 Å². The van der Waals surface area contributed by atoms with Gasteiger partial charge in [-0.2, -0.15) is 0 Å². The Labute approximate surface area is 103 Å². The Morgan fingerprint density at radius 3 is 2.24 bits per heavy atom. The molecule has 0 heterocycles. The molecular weight excluding hydrogens is 214 g/mol. The first-order valence-corrected chi connectivity index (χ1v) is 5.62. The van der Waals surface area contributed by atoms with E-state index in [0.717, 1.165) is 17.8 Å². The fourth-order valence-electron chi connectivity index (χ4n) is 1.75. The van der Waals surface area contributed by atoms with E-state index in [-0.39, 0.29) is 11.3 Å². The molecule has 0 radical (unpaired) electrons. The predicted octanol–water partition coefficient (Wildman–Crippen LogP) is 2.26. The molecule has 1 aromatic rings. The SMILES string of the molecule is CN(CC(C)(C)C)c1ccc(C(N)=NO)cc1. The Kier molecular flexibility index (Phi) is 3.99. The Balaban J connectivity index is 2.81. The average molecular weight is 235 g/mol. The van der Waals surface area contributed by atoms with Crippen molar-refractivity contribution in [3.8, 4) is 0 Å². The van der Waals surface area contributed by atoms with Gasteiger partial charge in [0, 0.05) is 24.8 Å². The summed E-state index contributed by atoms with van der Waals surface area (Å²) >= 11 is 0. The van der Waals surface area contributed by atoms with E-state index in [0.29, 0.717) is 0 Å². The number of nitrogens with two attached hydrogens (primary N) is 1. The van der Waals surface area contributed by atoms with Gasteiger partial charge in [-0.15, -0.1) is 0 Å². The van der Waals surface area contributed by atoms with Crippen molar-refractivity contribution in [3.63, 3.8) is 0 Å². The van der Waals surface area contributed by atoms with Crippen LogP contribution in [0.4, 0.5) is 5.69 Å². The molecule has 0 amide bonds. The van der Waals surface area contributed by atoms with Crippen molar-refractivity contribution in [3.05, 3.63) is 29.8 Å². The third kappa shape index (κ3) is 3.98. The fraction of sp³-hybridized carbons (Fsp3) is 0.462. The van der Waals surface area contributed by atoms with Crippen LogP contribution < -0.4 is 10.6 Å². The van der Waals surface area contributed by atoms with Crippen molar-refractivity contribution in [1.82, 2.24) is 0 Å². The van der Waals surface area contributed by atoms with Gasteiger partial charge in [0.1, 0.15) is 0 Å². The minimum atomic E-state index is 0.134. The summed E-state index contributed by atoms with van der Waals surface area (Å²) < 4.78 is 0. The Hall–Kier alpha value is -1.71. The molecule has 0 aliphatic rings. The largest absolute Gasteiger partial charge is 0.409 e. The van der Waals surface area contributed by atoms with Gasteiger partial charge in [-0.25, -0.2) is 0 Å². The molecule has 0 fully saturated rings. The molecule has 4 heteroatoms. The third-order valence-electron chi connectivity index (χ3n) is 2.42. The topological polar surface area (TPSA) is 61.8 Å². The lowest BCUT2D eigenvalue weighted by molar-refractivity contribution is 0.318. The highest BCUT2D eigenvalue weighted by Crippen LogP contribution is 2.20. The molecule has 0 unspecified atom stereocenters. The molecule has 0 spiro atoms. The van der Waals surface area contributed by atoms with Crippen LogP contribution in [0.5, 0.6) is 0 Å². The standard InChI is InChI=1S/C13H21N3O/c1-13(2,3)9-16(4)11-7-5-10(6-8-11)12(14)15-17/h5-8,17H,9H2,1-4H3,(H2,14,15). The highest BCUT2D eigenvalue weighted by molar-refractivity contribution is 5.97. The number of benzene rings is 1. The molecule has 0 aliphatic carbocycles. The maximum absolute atomic E-state index is 8.57. The van der Waals surface area contributed by atoms with E-state index < -0.39 is 0 Å². The molecule has 0 aliphatic heterocycles. The van der Waals surface area contributed by atoms with Crippen LogP contribution in [0.3, 0.4) is 0 Å². The van der Waals surface area contributed by atoms with Gasteiger partial charge in [0.25, 0.3) is 0 Å². The van der Waals surface area contributed by atoms with Gasteiger partial charge in [-0.05, 0) is 29.7 Å². The van der Waals surface area contributed by atoms with E-state index in [1.54, 1.807) is 0 Å². The first-order valence-electron chi connectivity index (χ1n) is 5.62. The summed E-state index contributed by atoms with van der Waals surface area (Å²) in [7, 11) is 2.06. The van der Waals surface area contributed by atoms with Gasteiger partial charge >= 0.3 is 0 Å². The minimum Gasteiger partial charge on any atom is -0.409 e. The summed E-state index contributed by atoms with van der Waals surface area (Å²) in [5, 5.41) is 11.5. The van der Waals surface area contributed by atoms with E-state index in [9.17, 15) is 0 Å². The number of rotatable bonds is 3. The molecule has 0 bridgehead atoms. The fourth-order valence-corrected chi connectivity index (χ4v) is 1.75. The smallest absolute Gasteiger partial charge is 0.170 e. The summed E-state index contributed by atoms with van der Waals surface area (Å²) in [4.78, 5) is 2.19. The zero-order chi connectivity index (χ0) is 13.1. The molecule has 1 rings (SSSR count). The predicted molar refractivity (Wildman–Crippen MR) is 71.7 cm³/mol. The Morgan fingerprint density at radius 2 is 1.82 bits per heavy atom. The van der Waals surface area contributed by atoms with Crippen LogP contribution in [0.2, 0.25) is 0 Å². The van der Waals surface area contributed by atoms with Gasteiger partial charge in [-0.3, -0.25) is 0 Å². The monoisotopic (exact) mass is 235 g/mol. The van der Waals surface area contributed by atoms with Crippen molar-refractivity contribution < 1.29 is 5.21 Å². The van der Waals surface area contributed by atoms with Crippen molar-refractivity contribution >= 4 is 11.5 Å². The van der Waals surface area contributed by atoms with Crippen LogP contribution >= 0.6 is 0 Å². The van der Waals surface area contributed by atoms with Crippen LogP contribution in [0, 0.1) is 5.41 Å². The number of anilines is 1. The average Bonchev–Trinajstić information content (AvgIpc) is 2.26. The molecule has 4 nitrogen and oxygen atoms in total.